The first-order valence-corrected chi connectivity index (χ1v) is 14.5. The van der Waals surface area contributed by atoms with E-state index >= 15 is 8.78 Å². The van der Waals surface area contributed by atoms with E-state index in [2.05, 4.69) is 39.5 Å². The first-order chi connectivity index (χ1) is 20.3. The van der Waals surface area contributed by atoms with Gasteiger partial charge in [-0.05, 0) is 73.8 Å². The molecule has 2 unspecified atom stereocenters. The number of hydrogen-bond acceptors (Lipinski definition) is 8. The van der Waals surface area contributed by atoms with Crippen LogP contribution in [0.3, 0.4) is 0 Å². The number of nitrogens with zero attached hydrogens (tertiary/aromatic N) is 5. The number of aliphatic imine (C=N–C) groups is 1. The molecule has 42 heavy (non-hydrogen) atoms. The molecule has 3 heterocycles. The minimum Gasteiger partial charge on any atom is -0.385 e. The van der Waals surface area contributed by atoms with Crippen LogP contribution in [0.5, 0.6) is 0 Å². The summed E-state index contributed by atoms with van der Waals surface area (Å²) in [5.74, 6) is -0.554. The van der Waals surface area contributed by atoms with Gasteiger partial charge in [0.2, 0.25) is 5.95 Å². The molecular formula is C31H35F2N7O2. The average molecular weight is 576 g/mol. The van der Waals surface area contributed by atoms with Gasteiger partial charge in [-0.1, -0.05) is 13.0 Å². The van der Waals surface area contributed by atoms with Gasteiger partial charge in [0.1, 0.15) is 11.6 Å². The Balaban J connectivity index is 1.23. The van der Waals surface area contributed by atoms with Crippen LogP contribution in [-0.4, -0.2) is 50.7 Å². The molecule has 0 bridgehead atoms. The maximum absolute atomic E-state index is 15.2. The maximum atomic E-state index is 15.2. The number of benzene rings is 1. The highest BCUT2D eigenvalue weighted by molar-refractivity contribution is 5.72. The van der Waals surface area contributed by atoms with E-state index < -0.39 is 17.2 Å². The summed E-state index contributed by atoms with van der Waals surface area (Å²) in [6.45, 7) is 2.52. The summed E-state index contributed by atoms with van der Waals surface area (Å²) in [6.07, 6.45) is 11.1. The Morgan fingerprint density at radius 2 is 2.02 bits per heavy atom. The molecule has 220 valence electrons. The number of nitriles is 1. The topological polar surface area (TPSA) is 134 Å². The molecule has 2 fully saturated rings. The third-order valence-corrected chi connectivity index (χ3v) is 9.05. The largest absolute Gasteiger partial charge is 0.385 e. The molecule has 1 aromatic carbocycles. The molecule has 11 heteroatoms. The number of ether oxygens (including phenoxy) is 1. The van der Waals surface area contributed by atoms with Crippen molar-refractivity contribution in [2.75, 3.05) is 11.9 Å². The number of aliphatic hydroxyl groups is 1. The van der Waals surface area contributed by atoms with Gasteiger partial charge in [0.15, 0.2) is 0 Å². The zero-order chi connectivity index (χ0) is 29.4. The van der Waals surface area contributed by atoms with Crippen LogP contribution in [0.25, 0.3) is 16.8 Å². The van der Waals surface area contributed by atoms with E-state index in [0.717, 1.165) is 19.3 Å². The van der Waals surface area contributed by atoms with Gasteiger partial charge in [-0.3, -0.25) is 4.99 Å². The van der Waals surface area contributed by atoms with E-state index in [-0.39, 0.29) is 52.8 Å². The van der Waals surface area contributed by atoms with Crippen molar-refractivity contribution in [2.45, 2.75) is 69.2 Å². The predicted octanol–water partition coefficient (Wildman–Crippen LogP) is 4.71. The van der Waals surface area contributed by atoms with Gasteiger partial charge in [0.05, 0.1) is 59.8 Å². The van der Waals surface area contributed by atoms with Crippen LogP contribution in [0.4, 0.5) is 14.7 Å². The van der Waals surface area contributed by atoms with E-state index in [0.29, 0.717) is 37.3 Å². The molecule has 6 atom stereocenters. The maximum Gasteiger partial charge on any atom is 0.225 e. The highest BCUT2D eigenvalue weighted by Crippen LogP contribution is 2.43. The van der Waals surface area contributed by atoms with Gasteiger partial charge in [-0.25, -0.2) is 13.8 Å². The van der Waals surface area contributed by atoms with Gasteiger partial charge >= 0.3 is 0 Å². The average Bonchev–Trinajstić information content (AvgIpc) is 3.35. The third-order valence-electron chi connectivity index (χ3n) is 9.05. The zero-order valence-electron chi connectivity index (χ0n) is 23.5. The first kappa shape index (κ1) is 28.4. The van der Waals surface area contributed by atoms with Crippen LogP contribution >= 0.6 is 0 Å². The van der Waals surface area contributed by atoms with Crippen LogP contribution in [0, 0.1) is 40.7 Å². The molecule has 0 spiro atoms. The van der Waals surface area contributed by atoms with Crippen molar-refractivity contribution in [1.82, 2.24) is 14.6 Å². The molecular weight excluding hydrogens is 540 g/mol. The van der Waals surface area contributed by atoms with Gasteiger partial charge in [0.25, 0.3) is 0 Å². The summed E-state index contributed by atoms with van der Waals surface area (Å²) in [6, 6.07) is 7.45. The summed E-state index contributed by atoms with van der Waals surface area (Å²) < 4.78 is 37.9. The summed E-state index contributed by atoms with van der Waals surface area (Å²) in [7, 11) is 0. The molecule has 0 amide bonds. The lowest BCUT2D eigenvalue weighted by molar-refractivity contribution is -0.0392. The Labute approximate surface area is 243 Å². The number of fused-ring (bicyclic) bond motifs is 1. The lowest BCUT2D eigenvalue weighted by atomic mass is 9.70. The number of aromatic nitrogens is 3. The Morgan fingerprint density at radius 3 is 2.71 bits per heavy atom. The SMILES string of the molecule is C[C@H]1C[C@@H](C2C=CN=CC2Nc2ncc3ccc(-c4c(F)cc(C5(O)CCC5)cc4F)nn23)C[C@@H](N)[C@H]1OCCC#N. The van der Waals surface area contributed by atoms with Crippen LogP contribution < -0.4 is 11.1 Å². The Bertz CT molecular complexity index is 1530. The summed E-state index contributed by atoms with van der Waals surface area (Å²) in [5, 5.41) is 27.4. The van der Waals surface area contributed by atoms with Crippen molar-refractivity contribution >= 4 is 17.7 Å². The Kier molecular flexibility index (Phi) is 7.79. The van der Waals surface area contributed by atoms with Gasteiger partial charge in [-0.15, -0.1) is 0 Å². The Hall–Kier alpha value is -3.72. The van der Waals surface area contributed by atoms with Crippen molar-refractivity contribution in [3.8, 4) is 17.3 Å². The minimum atomic E-state index is -1.17. The van der Waals surface area contributed by atoms with Crippen molar-refractivity contribution < 1.29 is 18.6 Å². The van der Waals surface area contributed by atoms with Crippen molar-refractivity contribution in [1.29, 1.82) is 5.26 Å². The molecule has 3 aromatic rings. The first-order valence-electron chi connectivity index (χ1n) is 14.5. The molecule has 0 radical (unpaired) electrons. The molecule has 3 aliphatic rings. The number of halogens is 2. The molecule has 1 aliphatic heterocycles. The van der Waals surface area contributed by atoms with Gasteiger partial charge < -0.3 is 20.9 Å². The van der Waals surface area contributed by atoms with E-state index in [1.54, 1.807) is 29.0 Å². The minimum absolute atomic E-state index is 0.0753. The predicted molar refractivity (Wildman–Crippen MR) is 154 cm³/mol. The fraction of sp³-hybridized carbons (Fsp3) is 0.484. The third kappa shape index (κ3) is 5.30. The second-order valence-corrected chi connectivity index (χ2v) is 11.8. The van der Waals surface area contributed by atoms with Crippen LogP contribution in [0.15, 0.2) is 47.7 Å². The molecule has 2 aromatic heterocycles. The molecule has 0 saturated heterocycles. The number of rotatable bonds is 8. The van der Waals surface area contributed by atoms with E-state index in [1.807, 2.05) is 6.21 Å². The number of nitrogens with two attached hydrogens (primary N) is 1. The van der Waals surface area contributed by atoms with Crippen molar-refractivity contribution in [3.05, 3.63) is 59.9 Å². The molecule has 2 aliphatic carbocycles. The number of imidazole rings is 1. The monoisotopic (exact) mass is 575 g/mol. The second kappa shape index (κ2) is 11.5. The van der Waals surface area contributed by atoms with E-state index in [1.165, 1.54) is 12.1 Å². The fourth-order valence-corrected chi connectivity index (χ4v) is 6.70. The van der Waals surface area contributed by atoms with Gasteiger partial charge in [-0.2, -0.15) is 14.9 Å². The lowest BCUT2D eigenvalue weighted by Crippen LogP contribution is -2.50. The van der Waals surface area contributed by atoms with Crippen molar-refractivity contribution in [2.24, 2.45) is 28.5 Å². The summed E-state index contributed by atoms with van der Waals surface area (Å²) in [5.41, 5.74) is 6.17. The molecule has 2 saturated carbocycles. The van der Waals surface area contributed by atoms with Crippen molar-refractivity contribution in [3.63, 3.8) is 0 Å². The standard InChI is InChI=1S/C31H35F2N7O2/c1-18-12-19(13-25(35)29(18)42-11-3-9-34)22-6-10-36-17-27(22)38-30-37-16-21-4-5-26(39-40(21)30)28-23(32)14-20(15-24(28)33)31(41)7-2-8-31/h4-6,10,14-19,22,25,27,29,41H,2-3,7-8,11-13,35H2,1H3,(H,37,38)/t18-,19+,22?,25+,27?,29-/m0/s1. The second-order valence-electron chi connectivity index (χ2n) is 11.8. The molecule has 9 nitrogen and oxygen atoms in total. The quantitative estimate of drug-likeness (QED) is 0.331. The van der Waals surface area contributed by atoms with Crippen LogP contribution in [-0.2, 0) is 10.3 Å². The lowest BCUT2D eigenvalue weighted by Gasteiger charge is -2.42. The molecule has 4 N–H and O–H groups in total. The number of nitrogens with one attached hydrogen (secondary N) is 1. The molecule has 6 rings (SSSR count). The van der Waals surface area contributed by atoms with Crippen LogP contribution in [0.2, 0.25) is 0 Å². The van der Waals surface area contributed by atoms with Gasteiger partial charge in [0, 0.05) is 24.4 Å². The summed E-state index contributed by atoms with van der Waals surface area (Å²) in [4.78, 5) is 8.87. The number of hydrogen-bond donors (Lipinski definition) is 3. The van der Waals surface area contributed by atoms with Crippen LogP contribution in [0.1, 0.15) is 51.0 Å². The fourth-order valence-electron chi connectivity index (χ4n) is 6.70. The summed E-state index contributed by atoms with van der Waals surface area (Å²) >= 11 is 0. The highest BCUT2D eigenvalue weighted by atomic mass is 19.1. The smallest absolute Gasteiger partial charge is 0.225 e. The van der Waals surface area contributed by atoms with E-state index in [9.17, 15) is 5.11 Å². The zero-order valence-corrected chi connectivity index (χ0v) is 23.5. The van der Waals surface area contributed by atoms with E-state index in [4.69, 9.17) is 15.7 Å². The number of anilines is 1. The Morgan fingerprint density at radius 1 is 1.24 bits per heavy atom. The highest BCUT2D eigenvalue weighted by Gasteiger charge is 2.40. The normalized spacial score (nSPS) is 28.4.